The van der Waals surface area contributed by atoms with Crippen LogP contribution >= 0.6 is 0 Å². The Hall–Kier alpha value is -2.00. The molecule has 4 atom stereocenters. The van der Waals surface area contributed by atoms with Crippen LogP contribution in [-0.2, 0) is 6.42 Å². The van der Waals surface area contributed by atoms with Crippen molar-refractivity contribution in [3.05, 3.63) is 70.8 Å². The van der Waals surface area contributed by atoms with Crippen molar-refractivity contribution in [3.8, 4) is 11.8 Å². The Morgan fingerprint density at radius 3 is 2.00 bits per heavy atom. The van der Waals surface area contributed by atoms with Crippen molar-refractivity contribution < 1.29 is 0 Å². The Kier molecular flexibility index (Phi) is 5.68. The zero-order chi connectivity index (χ0) is 18.6. The second-order valence-electron chi connectivity index (χ2n) is 8.87. The van der Waals surface area contributed by atoms with Gasteiger partial charge in [-0.15, -0.1) is 0 Å². The Balaban J connectivity index is 1.40. The van der Waals surface area contributed by atoms with Gasteiger partial charge in [0.1, 0.15) is 0 Å². The van der Waals surface area contributed by atoms with Gasteiger partial charge in [0.05, 0.1) is 0 Å². The van der Waals surface area contributed by atoms with E-state index in [9.17, 15) is 0 Å². The summed E-state index contributed by atoms with van der Waals surface area (Å²) in [6.07, 6.45) is 9.69. The Bertz CT molecular complexity index is 800. The molecule has 0 amide bonds. The van der Waals surface area contributed by atoms with Crippen molar-refractivity contribution >= 4 is 0 Å². The van der Waals surface area contributed by atoms with E-state index >= 15 is 0 Å². The molecule has 0 aromatic heterocycles. The summed E-state index contributed by atoms with van der Waals surface area (Å²) in [6, 6.07) is 17.7. The van der Waals surface area contributed by atoms with Crippen LogP contribution in [0.15, 0.2) is 48.5 Å². The molecule has 0 heteroatoms. The highest BCUT2D eigenvalue weighted by Gasteiger charge is 2.34. The molecule has 2 aliphatic rings. The molecule has 1 unspecified atom stereocenters. The average molecular weight is 357 g/mol. The van der Waals surface area contributed by atoms with Crippen LogP contribution in [0.4, 0.5) is 0 Å². The summed E-state index contributed by atoms with van der Waals surface area (Å²) in [5, 5.41) is 0. The lowest BCUT2D eigenvalue weighted by Crippen LogP contribution is -2.29. The van der Waals surface area contributed by atoms with Gasteiger partial charge in [-0.2, -0.15) is 0 Å². The minimum Gasteiger partial charge on any atom is -0.0625 e. The SMILES string of the molecule is CCc1ccc(C#Cc2ccc([C@@H]3CC[C@@H]4CC(C)CC[C@@H]4C3)cc2)cc1. The maximum Gasteiger partial charge on any atom is 0.0249 e. The lowest BCUT2D eigenvalue weighted by Gasteiger charge is -2.41. The van der Waals surface area contributed by atoms with E-state index in [0.717, 1.165) is 41.2 Å². The maximum absolute atomic E-state index is 3.33. The second-order valence-corrected chi connectivity index (χ2v) is 8.87. The first-order valence-electron chi connectivity index (χ1n) is 10.9. The molecule has 0 bridgehead atoms. The first-order valence-corrected chi connectivity index (χ1v) is 10.9. The van der Waals surface area contributed by atoms with Gasteiger partial charge in [-0.1, -0.05) is 56.4 Å². The zero-order valence-electron chi connectivity index (χ0n) is 16.9. The third kappa shape index (κ3) is 4.47. The molecule has 0 heterocycles. The van der Waals surface area contributed by atoms with Crippen molar-refractivity contribution in [2.24, 2.45) is 17.8 Å². The first-order chi connectivity index (χ1) is 13.2. The van der Waals surface area contributed by atoms with E-state index in [1.54, 1.807) is 0 Å². The van der Waals surface area contributed by atoms with Gasteiger partial charge in [-0.05, 0) is 97.6 Å². The smallest absolute Gasteiger partial charge is 0.0249 e. The molecule has 0 N–H and O–H groups in total. The van der Waals surface area contributed by atoms with E-state index in [1.807, 2.05) is 0 Å². The van der Waals surface area contributed by atoms with Gasteiger partial charge in [0.2, 0.25) is 0 Å². The number of rotatable bonds is 2. The van der Waals surface area contributed by atoms with Gasteiger partial charge < -0.3 is 0 Å². The van der Waals surface area contributed by atoms with E-state index < -0.39 is 0 Å². The lowest BCUT2D eigenvalue weighted by molar-refractivity contribution is 0.124. The van der Waals surface area contributed by atoms with Crippen molar-refractivity contribution in [1.82, 2.24) is 0 Å². The molecule has 2 aromatic carbocycles. The normalized spacial score (nSPS) is 27.3. The fourth-order valence-electron chi connectivity index (χ4n) is 5.23. The van der Waals surface area contributed by atoms with Crippen LogP contribution in [0.1, 0.15) is 80.5 Å². The molecule has 2 fully saturated rings. The largest absolute Gasteiger partial charge is 0.0625 e. The van der Waals surface area contributed by atoms with E-state index in [0.29, 0.717) is 0 Å². The van der Waals surface area contributed by atoms with Gasteiger partial charge in [0.15, 0.2) is 0 Å². The summed E-state index contributed by atoms with van der Waals surface area (Å²) in [5.41, 5.74) is 5.12. The summed E-state index contributed by atoms with van der Waals surface area (Å²) in [4.78, 5) is 0. The average Bonchev–Trinajstić information content (AvgIpc) is 2.72. The van der Waals surface area contributed by atoms with Crippen LogP contribution in [0.25, 0.3) is 0 Å². The third-order valence-electron chi connectivity index (χ3n) is 6.97. The number of hydrogen-bond donors (Lipinski definition) is 0. The minimum absolute atomic E-state index is 0.767. The molecule has 140 valence electrons. The third-order valence-corrected chi connectivity index (χ3v) is 6.97. The van der Waals surface area contributed by atoms with E-state index in [2.05, 4.69) is 74.2 Å². The van der Waals surface area contributed by atoms with Crippen LogP contribution in [-0.4, -0.2) is 0 Å². The maximum atomic E-state index is 3.33. The van der Waals surface area contributed by atoms with Gasteiger partial charge >= 0.3 is 0 Å². The van der Waals surface area contributed by atoms with Crippen LogP contribution in [0.2, 0.25) is 0 Å². The summed E-state index contributed by atoms with van der Waals surface area (Å²) < 4.78 is 0. The molecule has 2 saturated carbocycles. The van der Waals surface area contributed by atoms with Crippen LogP contribution in [0.3, 0.4) is 0 Å². The molecule has 0 saturated heterocycles. The van der Waals surface area contributed by atoms with Gasteiger partial charge in [0.25, 0.3) is 0 Å². The molecule has 2 aliphatic carbocycles. The van der Waals surface area contributed by atoms with Crippen LogP contribution in [0.5, 0.6) is 0 Å². The highest BCUT2D eigenvalue weighted by molar-refractivity contribution is 5.44. The fraction of sp³-hybridized carbons (Fsp3) is 0.481. The molecule has 2 aromatic rings. The number of hydrogen-bond acceptors (Lipinski definition) is 0. The van der Waals surface area contributed by atoms with Gasteiger partial charge in [-0.3, -0.25) is 0 Å². The molecule has 27 heavy (non-hydrogen) atoms. The summed E-state index contributed by atoms with van der Waals surface area (Å²) in [6.45, 7) is 4.63. The monoisotopic (exact) mass is 356 g/mol. The highest BCUT2D eigenvalue weighted by Crippen LogP contribution is 2.47. The molecule has 0 aliphatic heterocycles. The van der Waals surface area contributed by atoms with Gasteiger partial charge in [0, 0.05) is 11.1 Å². The predicted octanol–water partition coefficient (Wildman–Crippen LogP) is 6.97. The van der Waals surface area contributed by atoms with Crippen molar-refractivity contribution in [1.29, 1.82) is 0 Å². The summed E-state index contributed by atoms with van der Waals surface area (Å²) >= 11 is 0. The highest BCUT2D eigenvalue weighted by atomic mass is 14.4. The fourth-order valence-corrected chi connectivity index (χ4v) is 5.23. The quantitative estimate of drug-likeness (QED) is 0.510. The van der Waals surface area contributed by atoms with E-state index in [4.69, 9.17) is 0 Å². The summed E-state index contributed by atoms with van der Waals surface area (Å²) in [7, 11) is 0. The van der Waals surface area contributed by atoms with E-state index in [-0.39, 0.29) is 0 Å². The van der Waals surface area contributed by atoms with Crippen LogP contribution in [0, 0.1) is 29.6 Å². The number of aryl methyl sites for hydroxylation is 1. The molecular weight excluding hydrogens is 324 g/mol. The Morgan fingerprint density at radius 2 is 1.33 bits per heavy atom. The zero-order valence-corrected chi connectivity index (χ0v) is 16.9. The predicted molar refractivity (Wildman–Crippen MR) is 115 cm³/mol. The molecule has 4 rings (SSSR count). The van der Waals surface area contributed by atoms with Crippen molar-refractivity contribution in [2.75, 3.05) is 0 Å². The molecular formula is C27H32. The molecule has 0 radical (unpaired) electrons. The standard InChI is InChI=1S/C27H32/c1-3-21-5-7-22(8-6-21)9-10-23-11-14-24(15-12-23)26-17-16-25-18-20(2)4-13-27(25)19-26/h5-8,11-12,14-15,20,25-27H,3-4,13,16-19H2,1-2H3/t20?,25-,26-,27-/m1/s1. The second kappa shape index (κ2) is 8.35. The Morgan fingerprint density at radius 1 is 0.741 bits per heavy atom. The number of fused-ring (bicyclic) bond motifs is 1. The summed E-state index contributed by atoms with van der Waals surface area (Å²) in [5.74, 6) is 10.3. The first kappa shape index (κ1) is 18.4. The molecule has 0 spiro atoms. The minimum atomic E-state index is 0.767. The lowest BCUT2D eigenvalue weighted by atomic mass is 9.64. The number of benzene rings is 2. The topological polar surface area (TPSA) is 0 Å². The van der Waals surface area contributed by atoms with Crippen molar-refractivity contribution in [2.45, 2.75) is 64.7 Å². The van der Waals surface area contributed by atoms with E-state index in [1.165, 1.54) is 49.7 Å². The van der Waals surface area contributed by atoms with Crippen LogP contribution < -0.4 is 0 Å². The van der Waals surface area contributed by atoms with Crippen molar-refractivity contribution in [3.63, 3.8) is 0 Å². The van der Waals surface area contributed by atoms with Gasteiger partial charge in [-0.25, -0.2) is 0 Å². The Labute approximate surface area is 165 Å². The molecule has 0 nitrogen and oxygen atoms in total.